The Kier molecular flexibility index (Phi) is 4.74. The molecule has 1 N–H and O–H groups in total. The maximum atomic E-state index is 12.4. The molecule has 7 heteroatoms. The normalized spacial score (nSPS) is 11.8. The number of benzene rings is 1. The Labute approximate surface area is 123 Å². The molecule has 0 aliphatic rings. The van der Waals surface area contributed by atoms with E-state index in [9.17, 15) is 8.42 Å². The minimum atomic E-state index is -3.48. The van der Waals surface area contributed by atoms with Gasteiger partial charge in [0.25, 0.3) is 0 Å². The van der Waals surface area contributed by atoms with Gasteiger partial charge in [-0.05, 0) is 31.2 Å². The highest BCUT2D eigenvalue weighted by molar-refractivity contribution is 7.89. The predicted octanol–water partition coefficient (Wildman–Crippen LogP) is 2.40. The highest BCUT2D eigenvalue weighted by Gasteiger charge is 2.21. The summed E-state index contributed by atoms with van der Waals surface area (Å²) in [6, 6.07) is 6.77. The van der Waals surface area contributed by atoms with Crippen LogP contribution >= 0.6 is 11.3 Å². The lowest BCUT2D eigenvalue weighted by Crippen LogP contribution is -2.26. The van der Waals surface area contributed by atoms with Gasteiger partial charge in [-0.2, -0.15) is 4.31 Å². The molecule has 0 saturated carbocycles. The smallest absolute Gasteiger partial charge is 0.243 e. The van der Waals surface area contributed by atoms with Crippen LogP contribution in [0.5, 0.6) is 0 Å². The van der Waals surface area contributed by atoms with E-state index in [0.717, 1.165) is 17.9 Å². The molecule has 0 aliphatic heterocycles. The van der Waals surface area contributed by atoms with E-state index in [1.807, 2.05) is 12.3 Å². The van der Waals surface area contributed by atoms with Crippen molar-refractivity contribution in [3.8, 4) is 0 Å². The van der Waals surface area contributed by atoms with Crippen LogP contribution in [0.3, 0.4) is 0 Å². The van der Waals surface area contributed by atoms with Gasteiger partial charge in [0.05, 0.1) is 22.6 Å². The second-order valence-electron chi connectivity index (χ2n) is 4.30. The second kappa shape index (κ2) is 6.34. The number of anilines is 1. The van der Waals surface area contributed by atoms with E-state index in [1.165, 1.54) is 15.6 Å². The summed E-state index contributed by atoms with van der Waals surface area (Å²) in [7, 11) is -1.91. The fourth-order valence-corrected chi connectivity index (χ4v) is 3.45. The molecule has 1 aromatic carbocycles. The van der Waals surface area contributed by atoms with Crippen LogP contribution in [0.2, 0.25) is 0 Å². The summed E-state index contributed by atoms with van der Waals surface area (Å²) >= 11 is 1.45. The van der Waals surface area contributed by atoms with E-state index in [2.05, 4.69) is 10.3 Å². The molecular formula is C13H17N3O2S2. The Morgan fingerprint density at radius 3 is 2.55 bits per heavy atom. The fourth-order valence-electron chi connectivity index (χ4n) is 1.76. The number of nitrogens with one attached hydrogen (secondary N) is 1. The first-order chi connectivity index (χ1) is 9.54. The number of sulfonamides is 1. The summed E-state index contributed by atoms with van der Waals surface area (Å²) in [5.74, 6) is 0. The first kappa shape index (κ1) is 15.0. The van der Waals surface area contributed by atoms with Crippen molar-refractivity contribution in [1.29, 1.82) is 0 Å². The topological polar surface area (TPSA) is 62.3 Å². The Balaban J connectivity index is 2.16. The van der Waals surface area contributed by atoms with Crippen LogP contribution in [0.15, 0.2) is 40.1 Å². The molecular weight excluding hydrogens is 294 g/mol. The number of nitrogens with zero attached hydrogens (tertiary/aromatic N) is 2. The lowest BCUT2D eigenvalue weighted by Gasteiger charge is -2.16. The van der Waals surface area contributed by atoms with E-state index in [0.29, 0.717) is 0 Å². The molecule has 0 atom stereocenters. The molecule has 0 fully saturated rings. The van der Waals surface area contributed by atoms with Crippen molar-refractivity contribution in [2.24, 2.45) is 0 Å². The Bertz CT molecular complexity index is 637. The van der Waals surface area contributed by atoms with Gasteiger partial charge in [0, 0.05) is 24.7 Å². The third-order valence-corrected chi connectivity index (χ3v) is 5.26. The zero-order valence-corrected chi connectivity index (χ0v) is 13.0. The molecule has 5 nitrogen and oxygen atoms in total. The molecule has 2 rings (SSSR count). The predicted molar refractivity (Wildman–Crippen MR) is 81.4 cm³/mol. The zero-order chi connectivity index (χ0) is 14.6. The van der Waals surface area contributed by atoms with Crippen molar-refractivity contribution in [3.63, 3.8) is 0 Å². The lowest BCUT2D eigenvalue weighted by atomic mass is 10.3. The van der Waals surface area contributed by atoms with Gasteiger partial charge >= 0.3 is 0 Å². The largest absolute Gasteiger partial charge is 0.385 e. The number of thiazole rings is 1. The average Bonchev–Trinajstić information content (AvgIpc) is 2.92. The standard InChI is InChI=1S/C13H17N3O2S2/c1-3-14-11-4-6-13(7-5-11)20(17,18)16(2)8-12-9-19-10-15-12/h4-7,9-10,14H,3,8H2,1-2H3. The van der Waals surface area contributed by atoms with Gasteiger partial charge in [-0.15, -0.1) is 11.3 Å². The van der Waals surface area contributed by atoms with Crippen LogP contribution < -0.4 is 5.32 Å². The van der Waals surface area contributed by atoms with Gasteiger partial charge < -0.3 is 5.32 Å². The summed E-state index contributed by atoms with van der Waals surface area (Å²) in [5, 5.41) is 4.98. The highest BCUT2D eigenvalue weighted by Crippen LogP contribution is 2.19. The fraction of sp³-hybridized carbons (Fsp3) is 0.308. The molecule has 20 heavy (non-hydrogen) atoms. The maximum Gasteiger partial charge on any atom is 0.243 e. The van der Waals surface area contributed by atoms with E-state index in [4.69, 9.17) is 0 Å². The van der Waals surface area contributed by atoms with Gasteiger partial charge in [0.2, 0.25) is 10.0 Å². The molecule has 0 radical (unpaired) electrons. The summed E-state index contributed by atoms with van der Waals surface area (Å²) < 4.78 is 26.1. The number of rotatable bonds is 6. The maximum absolute atomic E-state index is 12.4. The Morgan fingerprint density at radius 1 is 1.30 bits per heavy atom. The Hall–Kier alpha value is -1.44. The van der Waals surface area contributed by atoms with Crippen molar-refractivity contribution in [3.05, 3.63) is 40.8 Å². The van der Waals surface area contributed by atoms with Crippen LogP contribution in [0.25, 0.3) is 0 Å². The van der Waals surface area contributed by atoms with Crippen molar-refractivity contribution < 1.29 is 8.42 Å². The van der Waals surface area contributed by atoms with Crippen molar-refractivity contribution >= 4 is 27.0 Å². The van der Waals surface area contributed by atoms with Gasteiger partial charge in [-0.1, -0.05) is 0 Å². The van der Waals surface area contributed by atoms with Gasteiger partial charge in [0.1, 0.15) is 0 Å². The van der Waals surface area contributed by atoms with Gasteiger partial charge in [-0.3, -0.25) is 0 Å². The molecule has 1 aromatic heterocycles. The van der Waals surface area contributed by atoms with Crippen molar-refractivity contribution in [2.45, 2.75) is 18.4 Å². The molecule has 1 heterocycles. The molecule has 2 aromatic rings. The van der Waals surface area contributed by atoms with E-state index >= 15 is 0 Å². The van der Waals surface area contributed by atoms with Crippen LogP contribution in [-0.2, 0) is 16.6 Å². The third-order valence-electron chi connectivity index (χ3n) is 2.81. The first-order valence-corrected chi connectivity index (χ1v) is 8.59. The highest BCUT2D eigenvalue weighted by atomic mass is 32.2. The van der Waals surface area contributed by atoms with Crippen LogP contribution in [0, 0.1) is 0 Å². The number of hydrogen-bond acceptors (Lipinski definition) is 5. The van der Waals surface area contributed by atoms with Crippen molar-refractivity contribution in [2.75, 3.05) is 18.9 Å². The number of hydrogen-bond donors (Lipinski definition) is 1. The van der Waals surface area contributed by atoms with Crippen LogP contribution in [0.1, 0.15) is 12.6 Å². The molecule has 108 valence electrons. The quantitative estimate of drug-likeness (QED) is 0.890. The molecule has 0 amide bonds. The summed E-state index contributed by atoms with van der Waals surface area (Å²) in [5.41, 5.74) is 3.36. The minimum Gasteiger partial charge on any atom is -0.385 e. The molecule has 0 aliphatic carbocycles. The Morgan fingerprint density at radius 2 is 2.00 bits per heavy atom. The number of aromatic nitrogens is 1. The monoisotopic (exact) mass is 311 g/mol. The second-order valence-corrected chi connectivity index (χ2v) is 7.06. The minimum absolute atomic E-state index is 0.279. The van der Waals surface area contributed by atoms with E-state index < -0.39 is 10.0 Å². The third kappa shape index (κ3) is 3.36. The summed E-state index contributed by atoms with van der Waals surface area (Å²) in [6.07, 6.45) is 0. The first-order valence-electron chi connectivity index (χ1n) is 6.21. The van der Waals surface area contributed by atoms with Gasteiger partial charge in [0.15, 0.2) is 0 Å². The molecule has 0 saturated heterocycles. The zero-order valence-electron chi connectivity index (χ0n) is 11.4. The van der Waals surface area contributed by atoms with Crippen LogP contribution in [0.4, 0.5) is 5.69 Å². The van der Waals surface area contributed by atoms with Crippen molar-refractivity contribution in [1.82, 2.24) is 9.29 Å². The SMILES string of the molecule is CCNc1ccc(S(=O)(=O)N(C)Cc2cscn2)cc1. The summed E-state index contributed by atoms with van der Waals surface area (Å²) in [6.45, 7) is 3.07. The molecule has 0 bridgehead atoms. The average molecular weight is 311 g/mol. The molecule has 0 spiro atoms. The lowest BCUT2D eigenvalue weighted by molar-refractivity contribution is 0.463. The van der Waals surface area contributed by atoms with Crippen LogP contribution in [-0.4, -0.2) is 31.3 Å². The van der Waals surface area contributed by atoms with E-state index in [1.54, 1.807) is 36.8 Å². The van der Waals surface area contributed by atoms with E-state index in [-0.39, 0.29) is 11.4 Å². The summed E-state index contributed by atoms with van der Waals surface area (Å²) in [4.78, 5) is 4.39. The molecule has 0 unspecified atom stereocenters. The van der Waals surface area contributed by atoms with Gasteiger partial charge in [-0.25, -0.2) is 13.4 Å².